The molecule has 0 atom stereocenters. The Hall–Kier alpha value is -1.59. The average molecular weight is 306 g/mol. The summed E-state index contributed by atoms with van der Waals surface area (Å²) in [4.78, 5) is 6.85. The fraction of sp³-hybridized carbons (Fsp3) is 0.467. The summed E-state index contributed by atoms with van der Waals surface area (Å²) in [5, 5.41) is 11.5. The molecule has 1 aromatic carbocycles. The van der Waals surface area contributed by atoms with Crippen LogP contribution in [0.3, 0.4) is 0 Å². The molecule has 0 aliphatic carbocycles. The topological polar surface area (TPSA) is 56.8 Å². The third-order valence-corrected chi connectivity index (χ3v) is 4.20. The summed E-state index contributed by atoms with van der Waals surface area (Å²) >= 11 is 6.01. The molecule has 5 nitrogen and oxygen atoms in total. The Balaban J connectivity index is 1.64. The molecule has 2 heterocycles. The van der Waals surface area contributed by atoms with Crippen molar-refractivity contribution < 1.29 is 0 Å². The number of nitrogens with zero attached hydrogens (tertiary/aromatic N) is 3. The molecule has 112 valence electrons. The monoisotopic (exact) mass is 305 g/mol. The molecule has 3 rings (SSSR count). The van der Waals surface area contributed by atoms with Crippen molar-refractivity contribution in [3.63, 3.8) is 0 Å². The van der Waals surface area contributed by atoms with E-state index < -0.39 is 0 Å². The van der Waals surface area contributed by atoms with Crippen molar-refractivity contribution in [1.82, 2.24) is 20.5 Å². The second-order valence-electron chi connectivity index (χ2n) is 5.44. The summed E-state index contributed by atoms with van der Waals surface area (Å²) < 4.78 is 0. The zero-order valence-corrected chi connectivity index (χ0v) is 12.9. The number of hydrogen-bond donors (Lipinski definition) is 2. The maximum Gasteiger partial charge on any atom is 0.244 e. The number of anilines is 1. The van der Waals surface area contributed by atoms with E-state index in [1.165, 1.54) is 0 Å². The van der Waals surface area contributed by atoms with Crippen molar-refractivity contribution >= 4 is 17.5 Å². The third-order valence-electron chi connectivity index (χ3n) is 3.97. The lowest BCUT2D eigenvalue weighted by Crippen LogP contribution is -2.41. The van der Waals surface area contributed by atoms with Gasteiger partial charge in [0.05, 0.1) is 0 Å². The Kier molecular flexibility index (Phi) is 4.41. The van der Waals surface area contributed by atoms with Gasteiger partial charge in [0.1, 0.15) is 5.82 Å². The normalized spacial score (nSPS) is 16.4. The Morgan fingerprint density at radius 1 is 1.38 bits per heavy atom. The predicted octanol–water partition coefficient (Wildman–Crippen LogP) is 2.24. The van der Waals surface area contributed by atoms with Crippen molar-refractivity contribution in [3.8, 4) is 0 Å². The molecule has 6 heteroatoms. The second kappa shape index (κ2) is 6.45. The van der Waals surface area contributed by atoms with Crippen molar-refractivity contribution in [1.29, 1.82) is 0 Å². The molecule has 1 aliphatic heterocycles. The fourth-order valence-electron chi connectivity index (χ4n) is 2.71. The van der Waals surface area contributed by atoms with E-state index in [0.717, 1.165) is 54.7 Å². The largest absolute Gasteiger partial charge is 0.339 e. The van der Waals surface area contributed by atoms with Crippen LogP contribution in [0.4, 0.5) is 5.95 Å². The maximum atomic E-state index is 6.01. The lowest BCUT2D eigenvalue weighted by molar-refractivity contribution is 0.439. The first-order chi connectivity index (χ1) is 10.2. The predicted molar refractivity (Wildman–Crippen MR) is 84.9 cm³/mol. The van der Waals surface area contributed by atoms with Gasteiger partial charge in [-0.1, -0.05) is 23.7 Å². The Morgan fingerprint density at radius 2 is 2.19 bits per heavy atom. The zero-order chi connectivity index (χ0) is 14.7. The van der Waals surface area contributed by atoms with Crippen LogP contribution in [0.25, 0.3) is 0 Å². The first-order valence-corrected chi connectivity index (χ1v) is 7.70. The summed E-state index contributed by atoms with van der Waals surface area (Å²) in [6.45, 7) is 2.00. The van der Waals surface area contributed by atoms with E-state index in [1.807, 2.05) is 31.3 Å². The number of aromatic amines is 1. The molecule has 2 N–H and O–H groups in total. The highest BCUT2D eigenvalue weighted by Gasteiger charge is 2.20. The minimum atomic E-state index is 0.617. The smallest absolute Gasteiger partial charge is 0.244 e. The number of nitrogens with one attached hydrogen (secondary N) is 2. The van der Waals surface area contributed by atoms with Gasteiger partial charge in [-0.2, -0.15) is 4.98 Å². The quantitative estimate of drug-likeness (QED) is 0.909. The van der Waals surface area contributed by atoms with Gasteiger partial charge < -0.3 is 10.2 Å². The van der Waals surface area contributed by atoms with Crippen molar-refractivity contribution in [3.05, 3.63) is 40.7 Å². The SMILES string of the molecule is CNC1CCN(c2n[nH]c(Cc3cccc(Cl)c3)n2)CC1. The van der Waals surface area contributed by atoms with Crippen LogP contribution in [0.15, 0.2) is 24.3 Å². The number of hydrogen-bond acceptors (Lipinski definition) is 4. The molecule has 0 amide bonds. The molecule has 0 unspecified atom stereocenters. The molecule has 0 radical (unpaired) electrons. The van der Waals surface area contributed by atoms with Gasteiger partial charge in [0, 0.05) is 30.6 Å². The molecule has 0 bridgehead atoms. The summed E-state index contributed by atoms with van der Waals surface area (Å²) in [5.74, 6) is 1.68. The van der Waals surface area contributed by atoms with Gasteiger partial charge in [0.2, 0.25) is 5.95 Å². The van der Waals surface area contributed by atoms with Gasteiger partial charge in [0.25, 0.3) is 0 Å². The highest BCUT2D eigenvalue weighted by Crippen LogP contribution is 2.17. The molecule has 2 aromatic rings. The van der Waals surface area contributed by atoms with Crippen molar-refractivity contribution in [2.24, 2.45) is 0 Å². The van der Waals surface area contributed by atoms with E-state index in [-0.39, 0.29) is 0 Å². The first kappa shape index (κ1) is 14.4. The summed E-state index contributed by atoms with van der Waals surface area (Å²) in [6.07, 6.45) is 2.99. The minimum Gasteiger partial charge on any atom is -0.339 e. The zero-order valence-electron chi connectivity index (χ0n) is 12.1. The average Bonchev–Trinajstić information content (AvgIpc) is 2.96. The van der Waals surface area contributed by atoms with Crippen LogP contribution in [-0.4, -0.2) is 41.4 Å². The van der Waals surface area contributed by atoms with Crippen molar-refractivity contribution in [2.75, 3.05) is 25.0 Å². The third kappa shape index (κ3) is 3.54. The first-order valence-electron chi connectivity index (χ1n) is 7.32. The number of rotatable bonds is 4. The van der Waals surface area contributed by atoms with Gasteiger partial charge in [-0.25, -0.2) is 0 Å². The van der Waals surface area contributed by atoms with E-state index in [0.29, 0.717) is 6.04 Å². The number of piperidine rings is 1. The van der Waals surface area contributed by atoms with Gasteiger partial charge in [0.15, 0.2) is 0 Å². The van der Waals surface area contributed by atoms with Crippen LogP contribution >= 0.6 is 11.6 Å². The Labute approximate surface area is 129 Å². The second-order valence-corrected chi connectivity index (χ2v) is 5.88. The van der Waals surface area contributed by atoms with Crippen LogP contribution in [0, 0.1) is 0 Å². The van der Waals surface area contributed by atoms with Crippen LogP contribution in [0.2, 0.25) is 5.02 Å². The van der Waals surface area contributed by atoms with Crippen LogP contribution in [0.5, 0.6) is 0 Å². The molecular formula is C15H20ClN5. The van der Waals surface area contributed by atoms with Crippen LogP contribution < -0.4 is 10.2 Å². The van der Waals surface area contributed by atoms with Crippen LogP contribution in [-0.2, 0) is 6.42 Å². The molecule has 0 saturated carbocycles. The molecule has 1 aliphatic rings. The van der Waals surface area contributed by atoms with E-state index in [4.69, 9.17) is 11.6 Å². The van der Waals surface area contributed by atoms with E-state index >= 15 is 0 Å². The van der Waals surface area contributed by atoms with Gasteiger partial charge in [-0.15, -0.1) is 5.10 Å². The van der Waals surface area contributed by atoms with Crippen molar-refractivity contribution in [2.45, 2.75) is 25.3 Å². The van der Waals surface area contributed by atoms with Gasteiger partial charge >= 0.3 is 0 Å². The highest BCUT2D eigenvalue weighted by molar-refractivity contribution is 6.30. The maximum absolute atomic E-state index is 6.01. The van der Waals surface area contributed by atoms with Gasteiger partial charge in [-0.05, 0) is 37.6 Å². The number of aromatic nitrogens is 3. The molecular weight excluding hydrogens is 286 g/mol. The highest BCUT2D eigenvalue weighted by atomic mass is 35.5. The lowest BCUT2D eigenvalue weighted by Gasteiger charge is -2.30. The molecule has 21 heavy (non-hydrogen) atoms. The molecule has 0 spiro atoms. The standard InChI is InChI=1S/C15H20ClN5/c1-17-13-5-7-21(8-6-13)15-18-14(19-20-15)10-11-3-2-4-12(16)9-11/h2-4,9,13,17H,5-8,10H2,1H3,(H,18,19,20). The van der Waals surface area contributed by atoms with E-state index in [1.54, 1.807) is 0 Å². The Morgan fingerprint density at radius 3 is 2.90 bits per heavy atom. The fourth-order valence-corrected chi connectivity index (χ4v) is 2.93. The number of halogens is 1. The lowest BCUT2D eigenvalue weighted by atomic mass is 10.1. The number of benzene rings is 1. The van der Waals surface area contributed by atoms with Gasteiger partial charge in [-0.3, -0.25) is 5.10 Å². The summed E-state index contributed by atoms with van der Waals surface area (Å²) in [5.41, 5.74) is 1.14. The summed E-state index contributed by atoms with van der Waals surface area (Å²) in [7, 11) is 2.02. The van der Waals surface area contributed by atoms with Crippen LogP contribution in [0.1, 0.15) is 24.2 Å². The Bertz CT molecular complexity index is 589. The minimum absolute atomic E-state index is 0.617. The number of H-pyrrole nitrogens is 1. The van der Waals surface area contributed by atoms with E-state index in [9.17, 15) is 0 Å². The molecule has 1 saturated heterocycles. The molecule has 1 fully saturated rings. The summed E-state index contributed by atoms with van der Waals surface area (Å²) in [6, 6.07) is 8.46. The molecule has 1 aromatic heterocycles. The van der Waals surface area contributed by atoms with E-state index in [2.05, 4.69) is 25.4 Å².